The van der Waals surface area contributed by atoms with E-state index in [-0.39, 0.29) is 24.3 Å². The Morgan fingerprint density at radius 3 is 1.50 bits per heavy atom. The molecule has 0 spiro atoms. The van der Waals surface area contributed by atoms with Crippen LogP contribution in [0.5, 0.6) is 23.0 Å². The van der Waals surface area contributed by atoms with Crippen LogP contribution in [0, 0.1) is 0 Å². The minimum absolute atomic E-state index is 0.0496. The molecule has 6 heteroatoms. The zero-order valence-electron chi connectivity index (χ0n) is 19.2. The van der Waals surface area contributed by atoms with E-state index in [1.54, 1.807) is 0 Å². The summed E-state index contributed by atoms with van der Waals surface area (Å²) >= 11 is 0. The monoisotopic (exact) mass is 440 g/mol. The number of ether oxygens (including phenoxy) is 4. The Morgan fingerprint density at radius 2 is 1.06 bits per heavy atom. The van der Waals surface area contributed by atoms with Crippen molar-refractivity contribution >= 4 is 0 Å². The van der Waals surface area contributed by atoms with Gasteiger partial charge in [0.15, 0.2) is 23.0 Å². The fourth-order valence-electron chi connectivity index (χ4n) is 4.09. The van der Waals surface area contributed by atoms with E-state index >= 15 is 0 Å². The number of fused-ring (bicyclic) bond motifs is 2. The molecule has 2 aliphatic heterocycles. The molecule has 2 heterocycles. The third-order valence-corrected chi connectivity index (χ3v) is 6.21. The molecule has 0 radical (unpaired) electrons. The van der Waals surface area contributed by atoms with Crippen LogP contribution < -0.4 is 29.6 Å². The van der Waals surface area contributed by atoms with E-state index in [4.69, 9.17) is 18.9 Å². The summed E-state index contributed by atoms with van der Waals surface area (Å²) in [6, 6.07) is 16.3. The Hall–Kier alpha value is -2.44. The van der Waals surface area contributed by atoms with Crippen LogP contribution in [0.2, 0.25) is 0 Å². The lowest BCUT2D eigenvalue weighted by Gasteiger charge is -2.31. The van der Waals surface area contributed by atoms with E-state index in [1.807, 2.05) is 48.5 Å². The van der Waals surface area contributed by atoms with Crippen molar-refractivity contribution < 1.29 is 18.9 Å². The standard InChI is InChI=1S/C26H36N2O4/c1-19(25-17-29-21-11-5-7-13-23(21)31-25)27-15-9-3-4-10-16-28-20(2)26-18-30-22-12-6-8-14-24(22)32-26/h5-8,11-14,19-20,25-28H,3-4,9-10,15-18H2,1-2H3. The van der Waals surface area contributed by atoms with Gasteiger partial charge in [0.05, 0.1) is 0 Å². The van der Waals surface area contributed by atoms with Gasteiger partial charge in [-0.2, -0.15) is 0 Å². The molecule has 0 fully saturated rings. The van der Waals surface area contributed by atoms with E-state index in [2.05, 4.69) is 24.5 Å². The van der Waals surface area contributed by atoms with Crippen molar-refractivity contribution in [3.63, 3.8) is 0 Å². The molecular formula is C26H36N2O4. The van der Waals surface area contributed by atoms with Crippen molar-refractivity contribution in [3.8, 4) is 23.0 Å². The van der Waals surface area contributed by atoms with Gasteiger partial charge in [0.2, 0.25) is 0 Å². The number of hydrogen-bond acceptors (Lipinski definition) is 6. The average molecular weight is 441 g/mol. The Labute approximate surface area is 191 Å². The first kappa shape index (κ1) is 22.7. The molecular weight excluding hydrogens is 404 g/mol. The van der Waals surface area contributed by atoms with Crippen LogP contribution in [-0.4, -0.2) is 50.6 Å². The summed E-state index contributed by atoms with van der Waals surface area (Å²) in [4.78, 5) is 0. The summed E-state index contributed by atoms with van der Waals surface area (Å²) < 4.78 is 23.8. The Morgan fingerprint density at radius 1 is 0.656 bits per heavy atom. The zero-order valence-corrected chi connectivity index (χ0v) is 19.2. The first-order chi connectivity index (χ1) is 15.7. The summed E-state index contributed by atoms with van der Waals surface area (Å²) in [5.74, 6) is 3.36. The highest BCUT2D eigenvalue weighted by atomic mass is 16.6. The summed E-state index contributed by atoms with van der Waals surface area (Å²) in [5.41, 5.74) is 0. The topological polar surface area (TPSA) is 61.0 Å². The quantitative estimate of drug-likeness (QED) is 0.511. The molecule has 2 aromatic carbocycles. The third-order valence-electron chi connectivity index (χ3n) is 6.21. The van der Waals surface area contributed by atoms with Gasteiger partial charge in [-0.1, -0.05) is 37.1 Å². The molecule has 2 N–H and O–H groups in total. The second kappa shape index (κ2) is 11.4. The van der Waals surface area contributed by atoms with Gasteiger partial charge in [-0.15, -0.1) is 0 Å². The molecule has 0 aliphatic carbocycles. The fourth-order valence-corrected chi connectivity index (χ4v) is 4.09. The number of para-hydroxylation sites is 4. The van der Waals surface area contributed by atoms with Gasteiger partial charge in [0.1, 0.15) is 25.4 Å². The lowest BCUT2D eigenvalue weighted by Crippen LogP contribution is -2.46. The number of hydrogen-bond donors (Lipinski definition) is 2. The van der Waals surface area contributed by atoms with Crippen LogP contribution >= 0.6 is 0 Å². The van der Waals surface area contributed by atoms with Crippen molar-refractivity contribution in [2.45, 2.75) is 63.8 Å². The summed E-state index contributed by atoms with van der Waals surface area (Å²) in [7, 11) is 0. The zero-order chi connectivity index (χ0) is 22.2. The number of nitrogens with one attached hydrogen (secondary N) is 2. The second-order valence-electron chi connectivity index (χ2n) is 8.73. The average Bonchev–Trinajstić information content (AvgIpc) is 2.84. The lowest BCUT2D eigenvalue weighted by atomic mass is 10.1. The van der Waals surface area contributed by atoms with E-state index in [9.17, 15) is 0 Å². The molecule has 2 aliphatic rings. The Kier molecular flexibility index (Phi) is 8.13. The first-order valence-electron chi connectivity index (χ1n) is 11.9. The number of unbranched alkanes of at least 4 members (excludes halogenated alkanes) is 3. The van der Waals surface area contributed by atoms with Crippen LogP contribution in [-0.2, 0) is 0 Å². The van der Waals surface area contributed by atoms with Crippen LogP contribution in [0.1, 0.15) is 39.5 Å². The molecule has 0 saturated heterocycles. The maximum Gasteiger partial charge on any atom is 0.161 e. The number of rotatable bonds is 11. The van der Waals surface area contributed by atoms with Gasteiger partial charge in [-0.05, 0) is 64.0 Å². The van der Waals surface area contributed by atoms with E-state index in [0.717, 1.165) is 36.1 Å². The summed E-state index contributed by atoms with van der Waals surface area (Å²) in [5, 5.41) is 7.18. The minimum atomic E-state index is 0.0496. The molecule has 32 heavy (non-hydrogen) atoms. The van der Waals surface area contributed by atoms with Crippen LogP contribution in [0.25, 0.3) is 0 Å². The maximum absolute atomic E-state index is 6.08. The maximum atomic E-state index is 6.08. The van der Waals surface area contributed by atoms with Crippen molar-refractivity contribution in [3.05, 3.63) is 48.5 Å². The highest BCUT2D eigenvalue weighted by Gasteiger charge is 2.26. The highest BCUT2D eigenvalue weighted by molar-refractivity contribution is 5.41. The summed E-state index contributed by atoms with van der Waals surface area (Å²) in [6.07, 6.45) is 4.87. The largest absolute Gasteiger partial charge is 0.486 e. The normalized spacial score (nSPS) is 21.1. The lowest BCUT2D eigenvalue weighted by molar-refractivity contribution is 0.0664. The molecule has 0 amide bonds. The molecule has 4 unspecified atom stereocenters. The van der Waals surface area contributed by atoms with Crippen molar-refractivity contribution in [2.24, 2.45) is 0 Å². The molecule has 0 aromatic heterocycles. The van der Waals surface area contributed by atoms with Crippen molar-refractivity contribution in [2.75, 3.05) is 26.3 Å². The molecule has 4 atom stereocenters. The van der Waals surface area contributed by atoms with Crippen molar-refractivity contribution in [1.29, 1.82) is 0 Å². The van der Waals surface area contributed by atoms with Gasteiger partial charge in [-0.25, -0.2) is 0 Å². The predicted molar refractivity (Wildman–Crippen MR) is 126 cm³/mol. The van der Waals surface area contributed by atoms with Crippen molar-refractivity contribution in [1.82, 2.24) is 10.6 Å². The molecule has 0 bridgehead atoms. The van der Waals surface area contributed by atoms with E-state index in [1.165, 1.54) is 25.7 Å². The van der Waals surface area contributed by atoms with Gasteiger partial charge in [-0.3, -0.25) is 0 Å². The Bertz CT molecular complexity index is 777. The third kappa shape index (κ3) is 6.08. The first-order valence-corrected chi connectivity index (χ1v) is 11.9. The van der Waals surface area contributed by atoms with Gasteiger partial charge >= 0.3 is 0 Å². The second-order valence-corrected chi connectivity index (χ2v) is 8.73. The number of benzene rings is 2. The molecule has 0 saturated carbocycles. The van der Waals surface area contributed by atoms with Crippen LogP contribution in [0.3, 0.4) is 0 Å². The molecule has 4 rings (SSSR count). The van der Waals surface area contributed by atoms with Gasteiger partial charge in [0.25, 0.3) is 0 Å². The van der Waals surface area contributed by atoms with E-state index in [0.29, 0.717) is 13.2 Å². The van der Waals surface area contributed by atoms with Crippen LogP contribution in [0.4, 0.5) is 0 Å². The fraction of sp³-hybridized carbons (Fsp3) is 0.538. The molecule has 2 aromatic rings. The van der Waals surface area contributed by atoms with Gasteiger partial charge < -0.3 is 29.6 Å². The molecule has 174 valence electrons. The smallest absolute Gasteiger partial charge is 0.161 e. The minimum Gasteiger partial charge on any atom is -0.486 e. The van der Waals surface area contributed by atoms with Crippen LogP contribution in [0.15, 0.2) is 48.5 Å². The Balaban J connectivity index is 1.03. The SMILES string of the molecule is CC(NCCCCCCNC(C)C1COc2ccccc2O1)C1COc2ccccc2O1. The van der Waals surface area contributed by atoms with Gasteiger partial charge in [0, 0.05) is 12.1 Å². The van der Waals surface area contributed by atoms with E-state index < -0.39 is 0 Å². The highest BCUT2D eigenvalue weighted by Crippen LogP contribution is 2.32. The predicted octanol–water partition coefficient (Wildman–Crippen LogP) is 4.18. The summed E-state index contributed by atoms with van der Waals surface area (Å²) in [6.45, 7) is 7.52. The molecule has 6 nitrogen and oxygen atoms in total.